The number of nitrogens with zero attached hydrogens (tertiary/aromatic N) is 1. The average Bonchev–Trinajstić information content (AvgIpc) is 3.38. The summed E-state index contributed by atoms with van der Waals surface area (Å²) in [6, 6.07) is 13.9. The number of hydrogen-bond acceptors (Lipinski definition) is 6. The maximum atomic E-state index is 13.1. The molecule has 0 bridgehead atoms. The first kappa shape index (κ1) is 21.2. The number of hydrogen-bond donors (Lipinski definition) is 2. The van der Waals surface area contributed by atoms with Crippen LogP contribution in [0.4, 0.5) is 0 Å². The fraction of sp³-hybridized carbons (Fsp3) is 0.200. The molecule has 32 heavy (non-hydrogen) atoms. The van der Waals surface area contributed by atoms with Crippen molar-refractivity contribution < 1.29 is 29.0 Å². The van der Waals surface area contributed by atoms with Gasteiger partial charge in [0.2, 0.25) is 0 Å². The molecule has 2 aromatic carbocycles. The second-order valence-corrected chi connectivity index (χ2v) is 7.51. The lowest BCUT2D eigenvalue weighted by atomic mass is 9.94. The van der Waals surface area contributed by atoms with E-state index >= 15 is 0 Å². The number of carbonyl (C=O) groups is 2. The Morgan fingerprint density at radius 2 is 1.88 bits per heavy atom. The average molecular weight is 433 g/mol. The molecule has 0 radical (unpaired) electrons. The Kier molecular flexibility index (Phi) is 5.73. The van der Waals surface area contributed by atoms with Crippen molar-refractivity contribution in [3.8, 4) is 11.5 Å². The van der Waals surface area contributed by atoms with Crippen molar-refractivity contribution in [3.05, 3.63) is 88.9 Å². The van der Waals surface area contributed by atoms with Gasteiger partial charge in [-0.05, 0) is 67.4 Å². The number of phenols is 1. The zero-order valence-electron chi connectivity index (χ0n) is 17.7. The predicted octanol–water partition coefficient (Wildman–Crippen LogP) is 4.31. The summed E-state index contributed by atoms with van der Waals surface area (Å²) in [5, 5.41) is 20.8. The lowest BCUT2D eigenvalue weighted by molar-refractivity contribution is -0.140. The van der Waals surface area contributed by atoms with Gasteiger partial charge in [0.1, 0.15) is 23.0 Å². The molecular weight excluding hydrogens is 410 g/mol. The molecule has 0 spiro atoms. The topological polar surface area (TPSA) is 100 Å². The van der Waals surface area contributed by atoms with E-state index < -0.39 is 17.7 Å². The van der Waals surface area contributed by atoms with Crippen LogP contribution in [0.2, 0.25) is 0 Å². The number of aliphatic hydroxyl groups is 1. The molecule has 0 aliphatic carbocycles. The van der Waals surface area contributed by atoms with E-state index in [0.717, 1.165) is 5.56 Å². The number of carbonyl (C=O) groups excluding carboxylic acids is 2. The molecule has 1 atom stereocenters. The zero-order valence-corrected chi connectivity index (χ0v) is 17.7. The van der Waals surface area contributed by atoms with E-state index in [2.05, 4.69) is 0 Å². The van der Waals surface area contributed by atoms with E-state index in [1.165, 1.54) is 23.3 Å². The highest BCUT2D eigenvalue weighted by Gasteiger charge is 2.46. The van der Waals surface area contributed by atoms with Crippen molar-refractivity contribution in [2.45, 2.75) is 26.4 Å². The lowest BCUT2D eigenvalue weighted by Gasteiger charge is -2.24. The zero-order chi connectivity index (χ0) is 22.8. The Bertz CT molecular complexity index is 1180. The number of likely N-dealkylation sites (tertiary alicyclic amines) is 1. The maximum Gasteiger partial charge on any atom is 0.296 e. The number of ether oxygens (including phenoxy) is 1. The number of furan rings is 1. The van der Waals surface area contributed by atoms with Gasteiger partial charge in [-0.25, -0.2) is 0 Å². The van der Waals surface area contributed by atoms with Gasteiger partial charge in [-0.3, -0.25) is 9.59 Å². The third-order valence-corrected chi connectivity index (χ3v) is 5.40. The summed E-state index contributed by atoms with van der Waals surface area (Å²) in [4.78, 5) is 27.4. The minimum Gasteiger partial charge on any atom is -0.508 e. The van der Waals surface area contributed by atoms with Crippen molar-refractivity contribution in [3.63, 3.8) is 0 Å². The molecule has 7 heteroatoms. The van der Waals surface area contributed by atoms with Crippen LogP contribution in [0.5, 0.6) is 11.5 Å². The highest BCUT2D eigenvalue weighted by Crippen LogP contribution is 2.41. The molecule has 1 aliphatic heterocycles. The normalized spacial score (nSPS) is 17.7. The second kappa shape index (κ2) is 8.63. The first-order chi connectivity index (χ1) is 15.4. The van der Waals surface area contributed by atoms with Crippen molar-refractivity contribution in [2.24, 2.45) is 0 Å². The van der Waals surface area contributed by atoms with Crippen LogP contribution in [-0.4, -0.2) is 33.4 Å². The number of phenolic OH excluding ortho intramolecular Hbond substituents is 1. The van der Waals surface area contributed by atoms with Crippen LogP contribution in [0.3, 0.4) is 0 Å². The van der Waals surface area contributed by atoms with Crippen LogP contribution in [0.15, 0.2) is 70.9 Å². The molecule has 3 aromatic rings. The third kappa shape index (κ3) is 3.85. The van der Waals surface area contributed by atoms with Crippen LogP contribution in [0, 0.1) is 6.92 Å². The van der Waals surface area contributed by atoms with Gasteiger partial charge in [-0.2, -0.15) is 0 Å². The van der Waals surface area contributed by atoms with E-state index in [4.69, 9.17) is 9.15 Å². The first-order valence-electron chi connectivity index (χ1n) is 10.2. The molecule has 4 rings (SSSR count). The van der Waals surface area contributed by atoms with Gasteiger partial charge in [-0.15, -0.1) is 0 Å². The Morgan fingerprint density at radius 3 is 2.50 bits per heavy atom. The maximum absolute atomic E-state index is 13.1. The molecule has 2 heterocycles. The van der Waals surface area contributed by atoms with Crippen molar-refractivity contribution in [1.82, 2.24) is 4.90 Å². The SMILES string of the molecule is CCOc1ccc(/C(O)=C2/C(=O)C(=O)N(Cc3ccco3)C2c2ccc(O)cc2)cc1C. The minimum atomic E-state index is -0.840. The number of ketones is 1. The number of amides is 1. The van der Waals surface area contributed by atoms with E-state index in [-0.39, 0.29) is 23.6 Å². The van der Waals surface area contributed by atoms with Crippen LogP contribution < -0.4 is 4.74 Å². The van der Waals surface area contributed by atoms with E-state index in [1.54, 1.807) is 42.5 Å². The molecule has 1 fully saturated rings. The van der Waals surface area contributed by atoms with Gasteiger partial charge in [-0.1, -0.05) is 12.1 Å². The monoisotopic (exact) mass is 433 g/mol. The summed E-state index contributed by atoms with van der Waals surface area (Å²) >= 11 is 0. The quantitative estimate of drug-likeness (QED) is 0.341. The Morgan fingerprint density at radius 1 is 1.12 bits per heavy atom. The van der Waals surface area contributed by atoms with E-state index in [0.29, 0.717) is 29.2 Å². The molecular formula is C25H23NO6. The van der Waals surface area contributed by atoms with Gasteiger partial charge in [0, 0.05) is 5.56 Å². The summed E-state index contributed by atoms with van der Waals surface area (Å²) in [5.74, 6) is -0.541. The van der Waals surface area contributed by atoms with Gasteiger partial charge in [0.05, 0.1) is 31.0 Å². The molecule has 1 saturated heterocycles. The Hall–Kier alpha value is -4.00. The van der Waals surface area contributed by atoms with Crippen molar-refractivity contribution in [1.29, 1.82) is 0 Å². The molecule has 0 saturated carbocycles. The summed E-state index contributed by atoms with van der Waals surface area (Å²) in [5.41, 5.74) is 1.76. The highest BCUT2D eigenvalue weighted by molar-refractivity contribution is 6.46. The molecule has 7 nitrogen and oxygen atoms in total. The van der Waals surface area contributed by atoms with Gasteiger partial charge in [0.15, 0.2) is 0 Å². The van der Waals surface area contributed by atoms with E-state index in [1.807, 2.05) is 13.8 Å². The highest BCUT2D eigenvalue weighted by atomic mass is 16.5. The third-order valence-electron chi connectivity index (χ3n) is 5.40. The summed E-state index contributed by atoms with van der Waals surface area (Å²) < 4.78 is 10.9. The number of aromatic hydroxyl groups is 1. The fourth-order valence-electron chi connectivity index (χ4n) is 3.89. The number of aliphatic hydroxyl groups excluding tert-OH is 1. The molecule has 1 aliphatic rings. The minimum absolute atomic E-state index is 0.0178. The predicted molar refractivity (Wildman–Crippen MR) is 117 cm³/mol. The molecule has 1 aromatic heterocycles. The summed E-state index contributed by atoms with van der Waals surface area (Å²) in [7, 11) is 0. The van der Waals surface area contributed by atoms with Crippen molar-refractivity contribution >= 4 is 17.4 Å². The van der Waals surface area contributed by atoms with E-state index in [9.17, 15) is 19.8 Å². The summed E-state index contributed by atoms with van der Waals surface area (Å²) in [6.07, 6.45) is 1.49. The van der Waals surface area contributed by atoms with Crippen LogP contribution in [0.25, 0.3) is 5.76 Å². The molecule has 1 unspecified atom stereocenters. The Balaban J connectivity index is 1.84. The van der Waals surface area contributed by atoms with Gasteiger partial charge < -0.3 is 24.3 Å². The molecule has 164 valence electrons. The standard InChI is InChI=1S/C25H23NO6/c1-3-31-20-11-8-17(13-15(20)2)23(28)21-22(16-6-9-18(27)10-7-16)26(25(30)24(21)29)14-19-5-4-12-32-19/h4-13,22,27-28H,3,14H2,1-2H3/b23-21-. The number of benzene rings is 2. The largest absolute Gasteiger partial charge is 0.508 e. The fourth-order valence-corrected chi connectivity index (χ4v) is 3.89. The molecule has 1 amide bonds. The first-order valence-corrected chi connectivity index (χ1v) is 10.2. The number of aryl methyl sites for hydroxylation is 1. The van der Waals surface area contributed by atoms with Gasteiger partial charge >= 0.3 is 0 Å². The van der Waals surface area contributed by atoms with Crippen molar-refractivity contribution in [2.75, 3.05) is 6.61 Å². The smallest absolute Gasteiger partial charge is 0.296 e. The number of Topliss-reactive ketones (excluding diaryl/α,β-unsaturated/α-hetero) is 1. The van der Waals surface area contributed by atoms with Gasteiger partial charge in [0.25, 0.3) is 11.7 Å². The second-order valence-electron chi connectivity index (χ2n) is 7.51. The lowest BCUT2D eigenvalue weighted by Crippen LogP contribution is -2.29. The van der Waals surface area contributed by atoms with Crippen LogP contribution >= 0.6 is 0 Å². The number of rotatable bonds is 6. The molecule has 2 N–H and O–H groups in total. The van der Waals surface area contributed by atoms with Crippen LogP contribution in [-0.2, 0) is 16.1 Å². The Labute approximate surface area is 185 Å². The van der Waals surface area contributed by atoms with Crippen LogP contribution in [0.1, 0.15) is 35.4 Å². The summed E-state index contributed by atoms with van der Waals surface area (Å²) in [6.45, 7) is 4.29.